The van der Waals surface area contributed by atoms with E-state index < -0.39 is 58.4 Å². The highest BCUT2D eigenvalue weighted by molar-refractivity contribution is 9.11. The third-order valence-electron chi connectivity index (χ3n) is 23.0. The minimum Gasteiger partial charge on any atom is -0.477 e. The lowest BCUT2D eigenvalue weighted by molar-refractivity contribution is -0.178. The number of aromatic nitrogens is 14. The van der Waals surface area contributed by atoms with E-state index in [-0.39, 0.29) is 144 Å². The molecule has 0 spiro atoms. The number of sulfonamides is 3. The Balaban J connectivity index is 0.000000204. The van der Waals surface area contributed by atoms with Crippen molar-refractivity contribution in [1.29, 1.82) is 0 Å². The molecule has 7 atom stereocenters. The molecule has 10 aromatic rings. The Bertz CT molecular complexity index is 6270. The Morgan fingerprint density at radius 3 is 1.37 bits per heavy atom. The summed E-state index contributed by atoms with van der Waals surface area (Å²) in [6.07, 6.45) is 25.2. The van der Waals surface area contributed by atoms with Crippen molar-refractivity contribution in [3.63, 3.8) is 0 Å². The molecule has 18 N–H and O–H groups in total. The SMILES string of the molecule is BrCC(CBr)OC1CCCCO1.CC(CBr)CBr.CC1COc2c(Br)cnn2C1.CC1COc2c(S(=O)(=O)Oc3c(Cl)cc(Cl)cc3Cl)cnn2C1.CC1COc2c(S(N)(=O)=O)cnn2C1.CC1COc2ccnn2C1.Cl.N.NS(=O)(=O)c1cnn2c1OCC(O)C2.Nc1c2c(cc3c1CCC3)CCC2.O.O=C(Nc1c2c(cc3c1CCC3)CCC2)NS(=O)(=O)c1cnn2c1OCC(O)C2.O=c1cc[nH][nH]1.OC(CBr)CBr. The lowest BCUT2D eigenvalue weighted by Crippen LogP contribution is -2.36. The number of rotatable bonds is 16. The number of urea groups is 1. The van der Waals surface area contributed by atoms with Gasteiger partial charge in [0.2, 0.25) is 55.3 Å². The fraction of sp³-hybridized carbons (Fsp3) is 0.551. The number of ether oxygens (including phenoxy) is 8. The van der Waals surface area contributed by atoms with Gasteiger partial charge in [-0.15, -0.1) is 12.4 Å². The number of amides is 2. The highest BCUT2D eigenvalue weighted by Crippen LogP contribution is 2.43. The molecule has 43 nitrogen and oxygen atoms in total. The fourth-order valence-corrected chi connectivity index (χ4v) is 24.2. The van der Waals surface area contributed by atoms with Crippen molar-refractivity contribution < 1.29 is 101 Å². The second-order valence-corrected chi connectivity index (χ2v) is 47.7. The maximum absolute atomic E-state index is 12.7. The van der Waals surface area contributed by atoms with Crippen molar-refractivity contribution in [3.05, 3.63) is 154 Å². The zero-order valence-electron chi connectivity index (χ0n) is 81.0. The highest BCUT2D eigenvalue weighted by atomic mass is 79.9. The van der Waals surface area contributed by atoms with Gasteiger partial charge in [0.05, 0.1) is 130 Å². The molecular formula is C89H125Br7Cl4N20O23S4. The molecule has 58 heteroatoms. The number of carbonyl (C=O) groups is 1. The predicted molar refractivity (Wildman–Crippen MR) is 583 cm³/mol. The van der Waals surface area contributed by atoms with Crippen LogP contribution in [0.3, 0.4) is 0 Å². The summed E-state index contributed by atoms with van der Waals surface area (Å²) in [6.45, 7) is 17.4. The van der Waals surface area contributed by atoms with Gasteiger partial charge < -0.3 is 85.2 Å². The van der Waals surface area contributed by atoms with E-state index in [1.807, 2.05) is 29.3 Å². The largest absolute Gasteiger partial charge is 0.477 e. The van der Waals surface area contributed by atoms with E-state index >= 15 is 0 Å². The number of aliphatic hydroxyl groups excluding tert-OH is 3. The first-order valence-corrected chi connectivity index (χ1v) is 60.9. The number of anilines is 2. The van der Waals surface area contributed by atoms with Crippen molar-refractivity contribution in [2.24, 2.45) is 39.9 Å². The van der Waals surface area contributed by atoms with Gasteiger partial charge in [-0.1, -0.05) is 177 Å². The standard InChI is InChI=1S/C19H22N4O5S.C13H11Cl3N2O4S.C12H15N.C8H14Br2O2.C7H9BrN2O.C7H11N3O3S.C7H10N2O.C6H9N3O4S.C4H8Br2.C3H6Br2O.C3H4N2O.ClH.H3N.H2O/c24-13-9-23-18(28-10-13)16(8-20-23)29(26,27)22-19(25)21-17-14-5-1-3-11(14)7-12-4-2-6-15(12)17;1-7-5-18-13(21-6-7)11(4-17-18)23(19,20)22-12-9(15)2-8(14)3-10(12)16;13-12-10-5-1-3-8(10)7-9-4-2-6-11(9)12;9-5-7(6-10)12-8-3-1-2-4-11-8;1-5-3-10-7(11-4-5)6(8)2-9-10;1-5-3-10-7(13-4-5)6(2-9-10)14(8,11)12;1-6-4-9-7(10-5-6)2-3-8-9;7-14(11,12)5-1-8-9-2-4(10)3-13-6(5)9;1-4(2-5)3-6;4-1-3(6)2-5;6-3-1-2-4-5-3;;;/h7-8,13,24H,1-6,9-10H2,(H2,21,22,25);2-4,7H,5-6H2,1H3;7H,1-6,13H2;7-8H,1-6H2;2,5H,3-4H2,1H3;2,5H,3-4H2,1H3,(H2,8,11,12);2-3,6H,4-5H2,1H3;1,4,10H,2-3H2,(H2,7,11,12);4H,2-3H2,1H3;3,6H,1-2H2;1-2H,(H2,4,5,6);1H;1H3;1H2. The summed E-state index contributed by atoms with van der Waals surface area (Å²) < 4.78 is 155. The molecule has 0 saturated carbocycles. The molecule has 3 aromatic carbocycles. The molecule has 2 amide bonds. The number of aliphatic hydroxyl groups is 3. The van der Waals surface area contributed by atoms with Crippen LogP contribution in [0, 0.1) is 29.6 Å². The molecule has 11 aliphatic rings. The van der Waals surface area contributed by atoms with E-state index in [1.165, 1.54) is 134 Å². The molecule has 1 saturated heterocycles. The van der Waals surface area contributed by atoms with Crippen LogP contribution in [0.25, 0.3) is 0 Å². The van der Waals surface area contributed by atoms with Gasteiger partial charge in [0.25, 0.3) is 15.6 Å². The van der Waals surface area contributed by atoms with Gasteiger partial charge in [0.15, 0.2) is 31.6 Å². The van der Waals surface area contributed by atoms with Crippen LogP contribution in [0.1, 0.15) is 124 Å². The number of hydrogen-bond donors (Lipinski definition) is 11. The molecule has 7 aromatic heterocycles. The fourth-order valence-electron chi connectivity index (χ4n) is 16.0. The molecule has 0 radical (unpaired) electrons. The topological polar surface area (TPSA) is 622 Å². The Labute approximate surface area is 933 Å². The number of aromatic amines is 2. The van der Waals surface area contributed by atoms with Crippen LogP contribution in [-0.2, 0) is 140 Å². The lowest BCUT2D eigenvalue weighted by Gasteiger charge is -2.25. The minimum absolute atomic E-state index is 0. The molecular weight excluding hydrogens is 2550 g/mol. The van der Waals surface area contributed by atoms with Crippen molar-refractivity contribution >= 4 is 216 Å². The Morgan fingerprint density at radius 1 is 0.537 bits per heavy atom. The van der Waals surface area contributed by atoms with Gasteiger partial charge in [0.1, 0.15) is 25.4 Å². The molecule has 14 heterocycles. The molecule has 21 rings (SSSR count). The Morgan fingerprint density at radius 2 is 0.952 bits per heavy atom. The third-order valence-corrected chi connectivity index (χ3v) is 33.8. The maximum atomic E-state index is 12.7. The van der Waals surface area contributed by atoms with Gasteiger partial charge in [-0.2, -0.15) is 39.0 Å². The first-order valence-electron chi connectivity index (χ1n) is 46.2. The number of primary sulfonamides is 2. The number of H-pyrrole nitrogens is 2. The minimum atomic E-state index is -4.21. The number of nitrogens with two attached hydrogens (primary N) is 3. The summed E-state index contributed by atoms with van der Waals surface area (Å²) in [5.41, 5.74) is 18.8. The van der Waals surface area contributed by atoms with Crippen LogP contribution in [-0.4, -0.2) is 238 Å². The van der Waals surface area contributed by atoms with Crippen LogP contribution in [0.15, 0.2) is 109 Å². The smallest absolute Gasteiger partial charge is 0.346 e. The number of nitrogens with one attached hydrogen (secondary N) is 4. The molecule has 0 bridgehead atoms. The van der Waals surface area contributed by atoms with E-state index in [4.69, 9.17) is 98.0 Å². The first-order chi connectivity index (χ1) is 68.5. The molecule has 1 fully saturated rings. The zero-order chi connectivity index (χ0) is 104. The van der Waals surface area contributed by atoms with Gasteiger partial charge in [-0.05, 0) is 175 Å². The van der Waals surface area contributed by atoms with E-state index in [1.54, 1.807) is 18.6 Å². The second-order valence-electron chi connectivity index (χ2n) is 35.5. The second kappa shape index (κ2) is 59.3. The van der Waals surface area contributed by atoms with Crippen LogP contribution in [0.4, 0.5) is 16.2 Å². The molecule has 7 unspecified atom stereocenters. The first kappa shape index (κ1) is 126. The lowest BCUT2D eigenvalue weighted by atomic mass is 9.99. The zero-order valence-corrected chi connectivity index (χ0v) is 98.5. The van der Waals surface area contributed by atoms with Gasteiger partial charge in [-0.3, -0.25) is 9.89 Å². The van der Waals surface area contributed by atoms with Gasteiger partial charge in [0, 0.05) is 97.0 Å². The van der Waals surface area contributed by atoms with Crippen LogP contribution < -0.4 is 70.4 Å². The number of aryl methyl sites for hydroxylation is 4. The number of carbonyl (C=O) groups excluding carboxylic acids is 1. The summed E-state index contributed by atoms with van der Waals surface area (Å²) in [6, 6.07) is 9.86. The average molecular weight is 2670 g/mol. The number of hydrogen-bond acceptors (Lipinski definition) is 30. The monoisotopic (exact) mass is 2660 g/mol. The van der Waals surface area contributed by atoms with Crippen molar-refractivity contribution in [1.82, 2.24) is 79.8 Å². The van der Waals surface area contributed by atoms with E-state index in [2.05, 4.69) is 195 Å². The Kier molecular flexibility index (Phi) is 50.7. The van der Waals surface area contributed by atoms with Crippen LogP contribution in [0.5, 0.6) is 41.0 Å². The Hall–Kier alpha value is -6.44. The van der Waals surface area contributed by atoms with Crippen LogP contribution in [0.2, 0.25) is 15.1 Å². The van der Waals surface area contributed by atoms with Crippen LogP contribution >= 0.6 is 159 Å². The number of halogens is 11. The highest BCUT2D eigenvalue weighted by Gasteiger charge is 2.36. The van der Waals surface area contributed by atoms with E-state index in [0.29, 0.717) is 54.7 Å². The van der Waals surface area contributed by atoms with E-state index in [0.717, 1.165) is 156 Å². The maximum Gasteiger partial charge on any atom is 0.346 e. The number of nitrogen functional groups attached to an aromatic ring is 1. The van der Waals surface area contributed by atoms with Gasteiger partial charge in [-0.25, -0.2) is 73.1 Å². The normalized spacial score (nSPS) is 18.9. The summed E-state index contributed by atoms with van der Waals surface area (Å²) in [4.78, 5) is 22.0. The summed E-state index contributed by atoms with van der Waals surface area (Å²) >= 11 is 40.7. The third kappa shape index (κ3) is 35.8. The average Bonchev–Trinajstić information content (AvgIpc) is 1.80. The predicted octanol–water partition coefficient (Wildman–Crippen LogP) is 13.1. The van der Waals surface area contributed by atoms with Crippen molar-refractivity contribution in [3.8, 4) is 41.0 Å². The van der Waals surface area contributed by atoms with Gasteiger partial charge >= 0.3 is 16.1 Å². The summed E-state index contributed by atoms with van der Waals surface area (Å²) in [5, 5.41) is 74.3. The summed E-state index contributed by atoms with van der Waals surface area (Å²) in [7, 11) is -15.9. The number of alkyl halides is 6. The number of nitrogens with zero attached hydrogens (tertiary/aromatic N) is 12. The quantitative estimate of drug-likeness (QED) is 0.0243. The molecule has 7 aliphatic heterocycles. The van der Waals surface area contributed by atoms with Crippen molar-refractivity contribution in [2.45, 2.75) is 220 Å². The number of benzene rings is 3. The van der Waals surface area contributed by atoms with E-state index in [9.17, 15) is 53.5 Å². The molecule has 147 heavy (non-hydrogen) atoms. The molecule has 4 aliphatic carbocycles. The van der Waals surface area contributed by atoms with Crippen molar-refractivity contribution in [2.75, 3.05) is 89.3 Å². The number of fused-ring (bicyclic) bond motifs is 10. The summed E-state index contributed by atoms with van der Waals surface area (Å²) in [5.74, 6) is 4.58. The molecule has 820 valence electrons.